The van der Waals surface area contributed by atoms with Gasteiger partial charge in [-0.15, -0.1) is 0 Å². The summed E-state index contributed by atoms with van der Waals surface area (Å²) in [5.41, 5.74) is 2.52. The third-order valence-electron chi connectivity index (χ3n) is 2.39. The highest BCUT2D eigenvalue weighted by molar-refractivity contribution is 5.69. The minimum Gasteiger partial charge on any atom is -0.480 e. The molecule has 1 aromatic carbocycles. The van der Waals surface area contributed by atoms with Crippen LogP contribution in [-0.4, -0.2) is 23.7 Å². The zero-order valence-electron chi connectivity index (χ0n) is 9.16. The predicted molar refractivity (Wildman–Crippen MR) is 60.0 cm³/mol. The van der Waals surface area contributed by atoms with Gasteiger partial charge in [-0.2, -0.15) is 0 Å². The second-order valence-electron chi connectivity index (χ2n) is 3.81. The van der Waals surface area contributed by atoms with E-state index in [1.165, 1.54) is 11.1 Å². The maximum Gasteiger partial charge on any atom is 0.317 e. The van der Waals surface area contributed by atoms with Crippen molar-refractivity contribution in [2.45, 2.75) is 26.3 Å². The van der Waals surface area contributed by atoms with Gasteiger partial charge in [0.2, 0.25) is 0 Å². The Balaban J connectivity index is 2.47. The van der Waals surface area contributed by atoms with Crippen molar-refractivity contribution < 1.29 is 9.90 Å². The Morgan fingerprint density at radius 2 is 2.13 bits per heavy atom. The first-order valence-electron chi connectivity index (χ1n) is 5.09. The number of carbonyl (C=O) groups is 1. The van der Waals surface area contributed by atoms with Gasteiger partial charge in [0.25, 0.3) is 0 Å². The first kappa shape index (κ1) is 11.7. The quantitative estimate of drug-likeness (QED) is 0.771. The van der Waals surface area contributed by atoms with Crippen molar-refractivity contribution >= 4 is 5.97 Å². The van der Waals surface area contributed by atoms with Crippen LogP contribution < -0.4 is 5.32 Å². The molecule has 1 unspecified atom stereocenters. The zero-order valence-corrected chi connectivity index (χ0v) is 9.16. The molecule has 0 bridgehead atoms. The van der Waals surface area contributed by atoms with Crippen LogP contribution in [0.25, 0.3) is 0 Å². The molecule has 2 N–H and O–H groups in total. The van der Waals surface area contributed by atoms with Crippen molar-refractivity contribution in [2.24, 2.45) is 0 Å². The normalized spacial score (nSPS) is 12.4. The van der Waals surface area contributed by atoms with Crippen molar-refractivity contribution in [3.05, 3.63) is 35.4 Å². The lowest BCUT2D eigenvalue weighted by Crippen LogP contribution is -2.32. The van der Waals surface area contributed by atoms with E-state index in [-0.39, 0.29) is 12.6 Å². The maximum atomic E-state index is 10.4. The molecule has 3 heteroatoms. The van der Waals surface area contributed by atoms with Crippen molar-refractivity contribution in [1.82, 2.24) is 5.32 Å². The molecular weight excluding hydrogens is 190 g/mol. The Kier molecular flexibility index (Phi) is 4.31. The van der Waals surface area contributed by atoms with E-state index < -0.39 is 5.97 Å². The van der Waals surface area contributed by atoms with Crippen molar-refractivity contribution in [1.29, 1.82) is 0 Å². The van der Waals surface area contributed by atoms with Gasteiger partial charge in [0, 0.05) is 6.04 Å². The number of carboxylic acid groups (broad SMARTS) is 1. The summed E-state index contributed by atoms with van der Waals surface area (Å²) in [4.78, 5) is 10.4. The Labute approximate surface area is 90.1 Å². The van der Waals surface area contributed by atoms with E-state index in [1.54, 1.807) is 0 Å². The van der Waals surface area contributed by atoms with Gasteiger partial charge in [-0.05, 0) is 31.4 Å². The van der Waals surface area contributed by atoms with E-state index in [9.17, 15) is 4.79 Å². The Bertz CT molecular complexity index is 336. The minimum absolute atomic E-state index is 0.0209. The molecule has 0 aliphatic rings. The molecule has 0 amide bonds. The highest BCUT2D eigenvalue weighted by Gasteiger charge is 2.06. The molecule has 3 nitrogen and oxygen atoms in total. The standard InChI is InChI=1S/C12H17NO2/c1-9-5-3-4-6-11(9)7-10(2)13-8-12(14)15/h3-6,10,13H,7-8H2,1-2H3,(H,14,15). The molecule has 0 aromatic heterocycles. The molecule has 1 rings (SSSR count). The van der Waals surface area contributed by atoms with Crippen LogP contribution in [0.3, 0.4) is 0 Å². The molecule has 0 radical (unpaired) electrons. The van der Waals surface area contributed by atoms with Gasteiger partial charge in [0.05, 0.1) is 6.54 Å². The van der Waals surface area contributed by atoms with Crippen molar-refractivity contribution in [3.63, 3.8) is 0 Å². The summed E-state index contributed by atoms with van der Waals surface area (Å²) in [5, 5.41) is 11.5. The van der Waals surface area contributed by atoms with Crippen LogP contribution in [0, 0.1) is 6.92 Å². The Hall–Kier alpha value is -1.35. The molecule has 82 valence electrons. The fraction of sp³-hybridized carbons (Fsp3) is 0.417. The molecule has 0 aliphatic carbocycles. The summed E-state index contributed by atoms with van der Waals surface area (Å²) in [6.45, 7) is 4.08. The summed E-state index contributed by atoms with van der Waals surface area (Å²) in [6, 6.07) is 8.34. The van der Waals surface area contributed by atoms with Crippen LogP contribution in [0.2, 0.25) is 0 Å². The average Bonchev–Trinajstić information content (AvgIpc) is 2.18. The molecule has 0 saturated heterocycles. The molecule has 1 aromatic rings. The lowest BCUT2D eigenvalue weighted by molar-refractivity contribution is -0.136. The number of hydrogen-bond donors (Lipinski definition) is 2. The van der Waals surface area contributed by atoms with Gasteiger partial charge in [0.1, 0.15) is 0 Å². The number of hydrogen-bond acceptors (Lipinski definition) is 2. The summed E-state index contributed by atoms with van der Waals surface area (Å²) < 4.78 is 0. The van der Waals surface area contributed by atoms with Crippen molar-refractivity contribution in [3.8, 4) is 0 Å². The summed E-state index contributed by atoms with van der Waals surface area (Å²) in [7, 11) is 0. The maximum absolute atomic E-state index is 10.4. The van der Waals surface area contributed by atoms with Crippen LogP contribution in [0.5, 0.6) is 0 Å². The second kappa shape index (κ2) is 5.51. The topological polar surface area (TPSA) is 49.3 Å². The number of aryl methyl sites for hydroxylation is 1. The fourth-order valence-electron chi connectivity index (χ4n) is 1.50. The fourth-order valence-corrected chi connectivity index (χ4v) is 1.50. The molecule has 15 heavy (non-hydrogen) atoms. The summed E-state index contributed by atoms with van der Waals surface area (Å²) in [6.07, 6.45) is 0.861. The van der Waals surface area contributed by atoms with Gasteiger partial charge in [0.15, 0.2) is 0 Å². The van der Waals surface area contributed by atoms with E-state index in [0.717, 1.165) is 6.42 Å². The van der Waals surface area contributed by atoms with Crippen molar-refractivity contribution in [2.75, 3.05) is 6.54 Å². The van der Waals surface area contributed by atoms with Crippen LogP contribution in [0.1, 0.15) is 18.1 Å². The first-order valence-corrected chi connectivity index (χ1v) is 5.09. The molecule has 0 fully saturated rings. The van der Waals surface area contributed by atoms with E-state index in [0.29, 0.717) is 0 Å². The number of benzene rings is 1. The number of aliphatic carboxylic acids is 1. The minimum atomic E-state index is -0.813. The third-order valence-corrected chi connectivity index (χ3v) is 2.39. The number of carboxylic acids is 1. The van der Waals surface area contributed by atoms with E-state index >= 15 is 0 Å². The van der Waals surface area contributed by atoms with Gasteiger partial charge in [-0.1, -0.05) is 24.3 Å². The van der Waals surface area contributed by atoms with Gasteiger partial charge in [-0.25, -0.2) is 0 Å². The molecule has 0 spiro atoms. The van der Waals surface area contributed by atoms with Crippen LogP contribution in [0.4, 0.5) is 0 Å². The average molecular weight is 207 g/mol. The number of rotatable bonds is 5. The van der Waals surface area contributed by atoms with Gasteiger partial charge < -0.3 is 10.4 Å². The lowest BCUT2D eigenvalue weighted by Gasteiger charge is -2.13. The molecule has 0 heterocycles. The molecule has 0 aliphatic heterocycles. The zero-order chi connectivity index (χ0) is 11.3. The lowest BCUT2D eigenvalue weighted by atomic mass is 10.0. The van der Waals surface area contributed by atoms with Crippen LogP contribution in [0.15, 0.2) is 24.3 Å². The monoisotopic (exact) mass is 207 g/mol. The van der Waals surface area contributed by atoms with E-state index in [4.69, 9.17) is 5.11 Å². The van der Waals surface area contributed by atoms with E-state index in [1.807, 2.05) is 19.1 Å². The Morgan fingerprint density at radius 1 is 1.47 bits per heavy atom. The van der Waals surface area contributed by atoms with E-state index in [2.05, 4.69) is 24.4 Å². The first-order chi connectivity index (χ1) is 7.09. The largest absolute Gasteiger partial charge is 0.480 e. The van der Waals surface area contributed by atoms with Gasteiger partial charge in [-0.3, -0.25) is 4.79 Å². The Morgan fingerprint density at radius 3 is 2.73 bits per heavy atom. The molecule has 1 atom stereocenters. The predicted octanol–water partition coefficient (Wildman–Crippen LogP) is 1.60. The van der Waals surface area contributed by atoms with Crippen LogP contribution in [-0.2, 0) is 11.2 Å². The summed E-state index contributed by atoms with van der Waals surface area (Å²) >= 11 is 0. The highest BCUT2D eigenvalue weighted by atomic mass is 16.4. The number of nitrogens with one attached hydrogen (secondary N) is 1. The molecule has 0 saturated carbocycles. The van der Waals surface area contributed by atoms with Crippen LogP contribution >= 0.6 is 0 Å². The van der Waals surface area contributed by atoms with Gasteiger partial charge >= 0.3 is 5.97 Å². The highest BCUT2D eigenvalue weighted by Crippen LogP contribution is 2.09. The SMILES string of the molecule is Cc1ccccc1CC(C)NCC(=O)O. The smallest absolute Gasteiger partial charge is 0.317 e. The molecular formula is C12H17NO2. The second-order valence-corrected chi connectivity index (χ2v) is 3.81. The third kappa shape index (κ3) is 4.13. The summed E-state index contributed by atoms with van der Waals surface area (Å²) in [5.74, 6) is -0.813.